The van der Waals surface area contributed by atoms with Crippen LogP contribution in [-0.4, -0.2) is 42.0 Å². The van der Waals surface area contributed by atoms with Gasteiger partial charge in [-0.3, -0.25) is 9.59 Å². The van der Waals surface area contributed by atoms with Crippen molar-refractivity contribution < 1.29 is 22.8 Å². The Bertz CT molecular complexity index is 446. The first-order chi connectivity index (χ1) is 9.46. The van der Waals surface area contributed by atoms with Gasteiger partial charge in [-0.2, -0.15) is 13.2 Å². The van der Waals surface area contributed by atoms with Crippen molar-refractivity contribution in [2.45, 2.75) is 39.9 Å². The van der Waals surface area contributed by atoms with Crippen LogP contribution in [-0.2, 0) is 9.59 Å². The molecule has 0 unspecified atom stereocenters. The fraction of sp³-hybridized carbons (Fsp3) is 0.857. The lowest BCUT2D eigenvalue weighted by atomic mass is 10.0. The van der Waals surface area contributed by atoms with Crippen molar-refractivity contribution >= 4 is 11.8 Å². The molecule has 1 aliphatic heterocycles. The van der Waals surface area contributed by atoms with Crippen molar-refractivity contribution in [2.24, 2.45) is 23.2 Å². The molecule has 1 N–H and O–H groups in total. The van der Waals surface area contributed by atoms with Gasteiger partial charge < -0.3 is 10.2 Å². The van der Waals surface area contributed by atoms with Crippen LogP contribution in [0.3, 0.4) is 0 Å². The predicted molar refractivity (Wildman–Crippen MR) is 70.2 cm³/mol. The third kappa shape index (κ3) is 2.87. The zero-order valence-corrected chi connectivity index (χ0v) is 12.6. The Morgan fingerprint density at radius 1 is 1.19 bits per heavy atom. The molecule has 1 saturated heterocycles. The van der Waals surface area contributed by atoms with E-state index in [2.05, 4.69) is 13.8 Å². The number of nitrogens with zero attached hydrogens (tertiary/aromatic N) is 1. The summed E-state index contributed by atoms with van der Waals surface area (Å²) in [6.07, 6.45) is -4.97. The highest BCUT2D eigenvalue weighted by molar-refractivity contribution is 5.90. The van der Waals surface area contributed by atoms with E-state index in [1.807, 2.05) is 5.32 Å². The highest BCUT2D eigenvalue weighted by Gasteiger charge is 2.63. The Balaban J connectivity index is 2.00. The second-order valence-electron chi connectivity index (χ2n) is 6.97. The van der Waals surface area contributed by atoms with E-state index in [9.17, 15) is 22.8 Å². The van der Waals surface area contributed by atoms with Crippen molar-refractivity contribution in [2.75, 3.05) is 13.1 Å². The lowest BCUT2D eigenvalue weighted by Gasteiger charge is -2.29. The average Bonchev–Trinajstić information content (AvgIpc) is 2.75. The first-order valence-electron chi connectivity index (χ1n) is 7.12. The van der Waals surface area contributed by atoms with Crippen LogP contribution in [0.2, 0.25) is 0 Å². The number of hydrogen-bond acceptors (Lipinski definition) is 2. The van der Waals surface area contributed by atoms with Gasteiger partial charge in [-0.05, 0) is 23.2 Å². The van der Waals surface area contributed by atoms with E-state index in [-0.39, 0.29) is 5.41 Å². The molecule has 1 heterocycles. The summed E-state index contributed by atoms with van der Waals surface area (Å²) in [5.41, 5.74) is 0.222. The molecule has 1 aliphatic carbocycles. The van der Waals surface area contributed by atoms with Gasteiger partial charge in [-0.15, -0.1) is 0 Å². The molecular weight excluding hydrogens is 285 g/mol. The zero-order valence-electron chi connectivity index (χ0n) is 12.6. The average molecular weight is 306 g/mol. The van der Waals surface area contributed by atoms with Crippen molar-refractivity contribution in [1.29, 1.82) is 0 Å². The van der Waals surface area contributed by atoms with Crippen molar-refractivity contribution in [3.8, 4) is 0 Å². The van der Waals surface area contributed by atoms with Crippen LogP contribution in [0.15, 0.2) is 0 Å². The van der Waals surface area contributed by atoms with Gasteiger partial charge in [-0.1, -0.05) is 27.7 Å². The second kappa shape index (κ2) is 4.88. The summed E-state index contributed by atoms with van der Waals surface area (Å²) in [5, 5.41) is 1.83. The molecule has 0 aromatic rings. The van der Waals surface area contributed by atoms with E-state index in [0.29, 0.717) is 24.9 Å². The van der Waals surface area contributed by atoms with E-state index in [1.165, 1.54) is 0 Å². The Kier molecular flexibility index (Phi) is 3.74. The summed E-state index contributed by atoms with van der Waals surface area (Å²) < 4.78 is 37.0. The number of halogens is 3. The SMILES string of the molecule is CC(C)[C@H](NC(=O)C(F)(F)F)C(=O)N1C[C@@H]2[C@H](C1)C2(C)C. The summed E-state index contributed by atoms with van der Waals surface area (Å²) in [7, 11) is 0. The van der Waals surface area contributed by atoms with Crippen LogP contribution in [0.4, 0.5) is 13.2 Å². The fourth-order valence-corrected chi connectivity index (χ4v) is 3.25. The van der Waals surface area contributed by atoms with Crippen LogP contribution in [0.1, 0.15) is 27.7 Å². The number of nitrogens with one attached hydrogen (secondary N) is 1. The first kappa shape index (κ1) is 16.1. The largest absolute Gasteiger partial charge is 0.471 e. The van der Waals surface area contributed by atoms with Crippen LogP contribution in [0.5, 0.6) is 0 Å². The number of amides is 2. The van der Waals surface area contributed by atoms with E-state index in [0.717, 1.165) is 0 Å². The number of hydrogen-bond donors (Lipinski definition) is 1. The number of carbonyl (C=O) groups is 2. The quantitative estimate of drug-likeness (QED) is 0.864. The molecular formula is C14H21F3N2O2. The summed E-state index contributed by atoms with van der Waals surface area (Å²) in [4.78, 5) is 25.0. The van der Waals surface area contributed by atoms with Crippen molar-refractivity contribution in [3.63, 3.8) is 0 Å². The summed E-state index contributed by atoms with van der Waals surface area (Å²) in [5.74, 6) is -2.02. The van der Waals surface area contributed by atoms with Gasteiger partial charge >= 0.3 is 12.1 Å². The number of carbonyl (C=O) groups excluding carboxylic acids is 2. The minimum absolute atomic E-state index is 0.222. The normalized spacial score (nSPS) is 28.3. The molecule has 120 valence electrons. The first-order valence-corrected chi connectivity index (χ1v) is 7.12. The molecule has 2 fully saturated rings. The lowest BCUT2D eigenvalue weighted by Crippen LogP contribution is -2.54. The van der Waals surface area contributed by atoms with Crippen molar-refractivity contribution in [3.05, 3.63) is 0 Å². The van der Waals surface area contributed by atoms with Gasteiger partial charge in [0.15, 0.2) is 0 Å². The molecule has 3 atom stereocenters. The predicted octanol–water partition coefficient (Wildman–Crippen LogP) is 1.80. The van der Waals surface area contributed by atoms with Crippen LogP contribution in [0.25, 0.3) is 0 Å². The highest BCUT2D eigenvalue weighted by atomic mass is 19.4. The van der Waals surface area contributed by atoms with Gasteiger partial charge in [-0.25, -0.2) is 0 Å². The molecule has 0 radical (unpaired) electrons. The molecule has 0 spiro atoms. The van der Waals surface area contributed by atoms with E-state index in [1.54, 1.807) is 18.7 Å². The van der Waals surface area contributed by atoms with Gasteiger partial charge in [0.25, 0.3) is 0 Å². The Morgan fingerprint density at radius 2 is 1.67 bits per heavy atom. The maximum Gasteiger partial charge on any atom is 0.471 e. The van der Waals surface area contributed by atoms with E-state index >= 15 is 0 Å². The lowest BCUT2D eigenvalue weighted by molar-refractivity contribution is -0.175. The molecule has 1 saturated carbocycles. The number of likely N-dealkylation sites (tertiary alicyclic amines) is 1. The molecule has 2 aliphatic rings. The molecule has 0 bridgehead atoms. The number of rotatable bonds is 3. The van der Waals surface area contributed by atoms with Gasteiger partial charge in [0, 0.05) is 13.1 Å². The highest BCUT2D eigenvalue weighted by Crippen LogP contribution is 2.61. The van der Waals surface area contributed by atoms with Crippen LogP contribution in [0, 0.1) is 23.2 Å². The van der Waals surface area contributed by atoms with Crippen molar-refractivity contribution in [1.82, 2.24) is 10.2 Å². The van der Waals surface area contributed by atoms with E-state index in [4.69, 9.17) is 0 Å². The second-order valence-corrected chi connectivity index (χ2v) is 6.97. The Labute approximate surface area is 122 Å². The van der Waals surface area contributed by atoms with Crippen LogP contribution < -0.4 is 5.32 Å². The minimum atomic E-state index is -4.97. The molecule has 0 aromatic heterocycles. The standard InChI is InChI=1S/C14H21F3N2O2/c1-7(2)10(18-12(21)14(15,16)17)11(20)19-5-8-9(6-19)13(8,3)4/h7-10H,5-6H2,1-4H3,(H,18,21)/t8-,9+,10-/m0/s1. The molecule has 21 heavy (non-hydrogen) atoms. The molecule has 0 aromatic carbocycles. The van der Waals surface area contributed by atoms with Gasteiger partial charge in [0.05, 0.1) is 0 Å². The maximum atomic E-state index is 12.4. The summed E-state index contributed by atoms with van der Waals surface area (Å²) in [6.45, 7) is 8.66. The van der Waals surface area contributed by atoms with E-state index < -0.39 is 30.0 Å². The number of alkyl halides is 3. The summed E-state index contributed by atoms with van der Waals surface area (Å²) >= 11 is 0. The fourth-order valence-electron chi connectivity index (χ4n) is 3.25. The molecule has 4 nitrogen and oxygen atoms in total. The third-order valence-corrected chi connectivity index (χ3v) is 4.91. The Hall–Kier alpha value is -1.27. The minimum Gasteiger partial charge on any atom is -0.340 e. The third-order valence-electron chi connectivity index (χ3n) is 4.91. The van der Waals surface area contributed by atoms with Gasteiger partial charge in [0.1, 0.15) is 6.04 Å². The topological polar surface area (TPSA) is 49.4 Å². The molecule has 2 rings (SSSR count). The maximum absolute atomic E-state index is 12.4. The number of fused-ring (bicyclic) bond motifs is 1. The number of piperidine rings is 1. The molecule has 7 heteroatoms. The zero-order chi connectivity index (χ0) is 16.2. The monoisotopic (exact) mass is 306 g/mol. The molecule has 2 amide bonds. The van der Waals surface area contributed by atoms with Crippen LogP contribution >= 0.6 is 0 Å². The summed E-state index contributed by atoms with van der Waals surface area (Å²) in [6, 6.07) is -1.13. The Morgan fingerprint density at radius 3 is 2.05 bits per heavy atom. The smallest absolute Gasteiger partial charge is 0.340 e. The van der Waals surface area contributed by atoms with Gasteiger partial charge in [0.2, 0.25) is 5.91 Å².